The number of hydrogen-bond acceptors (Lipinski definition) is 0. The van der Waals surface area contributed by atoms with Crippen LogP contribution in [-0.2, 0) is 11.8 Å². The monoisotopic (exact) mass is 388 g/mol. The number of hydrogen-bond donors (Lipinski definition) is 0. The second-order valence-electron chi connectivity index (χ2n) is 8.36. The lowest BCUT2D eigenvalue weighted by molar-refractivity contribution is -0.401. The molecule has 0 radical (unpaired) electrons. The Labute approximate surface area is 178 Å². The first-order valence-corrected chi connectivity index (χ1v) is 10.6. The smallest absolute Gasteiger partial charge is 0.198 e. The molecule has 5 rings (SSSR count). The third-order valence-electron chi connectivity index (χ3n) is 6.38. The van der Waals surface area contributed by atoms with Gasteiger partial charge in [-0.1, -0.05) is 84.9 Å². The van der Waals surface area contributed by atoms with Crippen LogP contribution in [0.5, 0.6) is 0 Å². The van der Waals surface area contributed by atoms with E-state index in [2.05, 4.69) is 128 Å². The average molecular weight is 389 g/mol. The largest absolute Gasteiger partial charge is 0.210 e. The summed E-state index contributed by atoms with van der Waals surface area (Å²) in [6.07, 6.45) is 5.52. The predicted molar refractivity (Wildman–Crippen MR) is 128 cm³/mol. The summed E-state index contributed by atoms with van der Waals surface area (Å²) in [6.45, 7) is 2.40. The molecular formula is C29H26N+. The topological polar surface area (TPSA) is 3.01 Å². The molecule has 1 heteroatoms. The molecule has 30 heavy (non-hydrogen) atoms. The Balaban J connectivity index is 1.71. The number of allylic oxidation sites excluding steroid dienone is 1. The van der Waals surface area contributed by atoms with E-state index in [1.165, 1.54) is 38.9 Å². The zero-order valence-corrected chi connectivity index (χ0v) is 17.5. The fourth-order valence-electron chi connectivity index (χ4n) is 4.97. The van der Waals surface area contributed by atoms with Gasteiger partial charge in [0.15, 0.2) is 5.71 Å². The summed E-state index contributed by atoms with van der Waals surface area (Å²) < 4.78 is 2.38. The van der Waals surface area contributed by atoms with Crippen molar-refractivity contribution in [2.45, 2.75) is 18.8 Å². The van der Waals surface area contributed by atoms with Crippen LogP contribution < -0.4 is 0 Å². The minimum atomic E-state index is -0.114. The van der Waals surface area contributed by atoms with Gasteiger partial charge in [0.05, 0.1) is 5.41 Å². The van der Waals surface area contributed by atoms with E-state index in [4.69, 9.17) is 0 Å². The van der Waals surface area contributed by atoms with Gasteiger partial charge in [0.2, 0.25) is 5.69 Å². The molecule has 0 N–H and O–H groups in total. The molecule has 1 aliphatic rings. The number of benzene rings is 4. The number of rotatable bonds is 4. The highest BCUT2D eigenvalue weighted by Crippen LogP contribution is 2.45. The van der Waals surface area contributed by atoms with E-state index < -0.39 is 0 Å². The van der Waals surface area contributed by atoms with Crippen molar-refractivity contribution in [2.75, 3.05) is 7.05 Å². The molecule has 1 nitrogen and oxygen atoms in total. The van der Waals surface area contributed by atoms with E-state index in [0.29, 0.717) is 0 Å². The van der Waals surface area contributed by atoms with Crippen LogP contribution in [0.15, 0.2) is 103 Å². The molecule has 146 valence electrons. The summed E-state index contributed by atoms with van der Waals surface area (Å²) in [5, 5.41) is 2.65. The summed E-state index contributed by atoms with van der Waals surface area (Å²) in [4.78, 5) is 0. The van der Waals surface area contributed by atoms with Crippen molar-refractivity contribution in [3.63, 3.8) is 0 Å². The molecule has 0 saturated heterocycles. The van der Waals surface area contributed by atoms with Crippen molar-refractivity contribution < 1.29 is 4.58 Å². The van der Waals surface area contributed by atoms with Gasteiger partial charge in [-0.05, 0) is 47.4 Å². The second kappa shape index (κ2) is 7.42. The van der Waals surface area contributed by atoms with Crippen molar-refractivity contribution in [2.24, 2.45) is 0 Å². The summed E-state index contributed by atoms with van der Waals surface area (Å²) in [7, 11) is 2.20. The lowest BCUT2D eigenvalue weighted by atomic mass is 9.73. The van der Waals surface area contributed by atoms with Crippen LogP contribution in [-0.4, -0.2) is 17.3 Å². The molecule has 4 aromatic rings. The van der Waals surface area contributed by atoms with Crippen molar-refractivity contribution >= 4 is 28.2 Å². The summed E-state index contributed by atoms with van der Waals surface area (Å²) in [5.41, 5.74) is 6.54. The normalized spacial score (nSPS) is 18.3. The molecule has 0 aliphatic carbocycles. The molecule has 1 atom stereocenters. The third-order valence-corrected chi connectivity index (χ3v) is 6.38. The van der Waals surface area contributed by atoms with E-state index in [0.717, 1.165) is 6.42 Å². The van der Waals surface area contributed by atoms with Gasteiger partial charge in [-0.25, -0.2) is 0 Å². The van der Waals surface area contributed by atoms with Gasteiger partial charge in [0.25, 0.3) is 0 Å². The van der Waals surface area contributed by atoms with Crippen molar-refractivity contribution in [3.8, 4) is 0 Å². The van der Waals surface area contributed by atoms with Crippen LogP contribution in [0.1, 0.15) is 23.6 Å². The van der Waals surface area contributed by atoms with Crippen LogP contribution >= 0.6 is 0 Å². The average Bonchev–Trinajstić information content (AvgIpc) is 3.00. The van der Waals surface area contributed by atoms with E-state index >= 15 is 0 Å². The molecule has 0 saturated carbocycles. The Morgan fingerprint density at radius 1 is 0.733 bits per heavy atom. The van der Waals surface area contributed by atoms with Crippen LogP contribution in [0.3, 0.4) is 0 Å². The second-order valence-corrected chi connectivity index (χ2v) is 8.36. The number of nitrogens with zero attached hydrogens (tertiary/aromatic N) is 1. The van der Waals surface area contributed by atoms with E-state index in [1.54, 1.807) is 0 Å². The molecule has 1 heterocycles. The zero-order chi connectivity index (χ0) is 20.6. The Morgan fingerprint density at radius 3 is 2.17 bits per heavy atom. The highest BCUT2D eigenvalue weighted by atomic mass is 15.0. The van der Waals surface area contributed by atoms with E-state index in [1.807, 2.05) is 0 Å². The van der Waals surface area contributed by atoms with Crippen LogP contribution in [0.4, 0.5) is 5.69 Å². The Morgan fingerprint density at radius 2 is 1.40 bits per heavy atom. The van der Waals surface area contributed by atoms with Crippen LogP contribution in [0.25, 0.3) is 16.8 Å². The minimum Gasteiger partial charge on any atom is -0.198 e. The van der Waals surface area contributed by atoms with Gasteiger partial charge in [-0.3, -0.25) is 0 Å². The van der Waals surface area contributed by atoms with Crippen molar-refractivity contribution in [1.29, 1.82) is 0 Å². The molecule has 0 fully saturated rings. The van der Waals surface area contributed by atoms with E-state index in [-0.39, 0.29) is 5.41 Å². The summed E-state index contributed by atoms with van der Waals surface area (Å²) in [5.74, 6) is 0. The predicted octanol–water partition coefficient (Wildman–Crippen LogP) is 6.78. The highest BCUT2D eigenvalue weighted by Gasteiger charge is 2.47. The quantitative estimate of drug-likeness (QED) is 0.339. The molecular weight excluding hydrogens is 362 g/mol. The SMILES string of the molecule is C[N+]1=C(C=Cc2ccccc2)C(C)(Cc2ccccc2)c2c1ccc1ccccc21. The molecule has 0 bridgehead atoms. The van der Waals surface area contributed by atoms with Gasteiger partial charge in [0, 0.05) is 17.7 Å². The molecule has 1 unspecified atom stereocenters. The Kier molecular flexibility index (Phi) is 4.59. The lowest BCUT2D eigenvalue weighted by Gasteiger charge is -2.24. The van der Waals surface area contributed by atoms with Crippen LogP contribution in [0.2, 0.25) is 0 Å². The first-order chi connectivity index (χ1) is 14.7. The standard InChI is InChI=1S/C29H26N/c1-29(21-23-13-7-4-8-14-23)27(20-17-22-11-5-3-6-12-22)30(2)26-19-18-24-15-9-10-16-25(24)28(26)29/h3-20H,21H2,1-2H3/q+1. The molecule has 0 aromatic heterocycles. The third kappa shape index (κ3) is 3.07. The van der Waals surface area contributed by atoms with Gasteiger partial charge in [-0.2, -0.15) is 4.58 Å². The summed E-state index contributed by atoms with van der Waals surface area (Å²) in [6, 6.07) is 34.7. The van der Waals surface area contributed by atoms with Gasteiger partial charge in [-0.15, -0.1) is 0 Å². The molecule has 0 spiro atoms. The summed E-state index contributed by atoms with van der Waals surface area (Å²) >= 11 is 0. The molecule has 4 aromatic carbocycles. The first kappa shape index (κ1) is 18.6. The van der Waals surface area contributed by atoms with Gasteiger partial charge < -0.3 is 0 Å². The Hall–Kier alpha value is -3.45. The lowest BCUT2D eigenvalue weighted by Crippen LogP contribution is -2.33. The Bertz CT molecular complexity index is 1270. The fourth-order valence-corrected chi connectivity index (χ4v) is 4.97. The number of fused-ring (bicyclic) bond motifs is 3. The zero-order valence-electron chi connectivity index (χ0n) is 17.5. The van der Waals surface area contributed by atoms with Gasteiger partial charge >= 0.3 is 0 Å². The fraction of sp³-hybridized carbons (Fsp3) is 0.138. The maximum atomic E-state index is 2.40. The minimum absolute atomic E-state index is 0.114. The maximum absolute atomic E-state index is 2.40. The molecule has 0 amide bonds. The first-order valence-electron chi connectivity index (χ1n) is 10.6. The highest BCUT2D eigenvalue weighted by molar-refractivity contribution is 6.09. The maximum Gasteiger partial charge on any atom is 0.210 e. The van der Waals surface area contributed by atoms with Crippen LogP contribution in [0, 0.1) is 0 Å². The van der Waals surface area contributed by atoms with Crippen molar-refractivity contribution in [3.05, 3.63) is 120 Å². The van der Waals surface area contributed by atoms with E-state index in [9.17, 15) is 0 Å². The van der Waals surface area contributed by atoms with Crippen molar-refractivity contribution in [1.82, 2.24) is 0 Å². The van der Waals surface area contributed by atoms with Gasteiger partial charge in [0.1, 0.15) is 7.05 Å². The molecule has 1 aliphatic heterocycles.